The lowest BCUT2D eigenvalue weighted by molar-refractivity contribution is -0.156. The molecule has 1 saturated heterocycles. The van der Waals surface area contributed by atoms with Crippen LogP contribution in [0.2, 0.25) is 5.02 Å². The summed E-state index contributed by atoms with van der Waals surface area (Å²) in [6, 6.07) is 13.9. The van der Waals surface area contributed by atoms with Gasteiger partial charge >= 0.3 is 11.8 Å². The van der Waals surface area contributed by atoms with Crippen LogP contribution in [-0.2, 0) is 14.4 Å². The van der Waals surface area contributed by atoms with Crippen LogP contribution in [0.15, 0.2) is 48.5 Å². The van der Waals surface area contributed by atoms with Crippen molar-refractivity contribution in [2.24, 2.45) is 0 Å². The van der Waals surface area contributed by atoms with Gasteiger partial charge in [0.25, 0.3) is 0 Å². The van der Waals surface area contributed by atoms with E-state index in [9.17, 15) is 14.4 Å². The van der Waals surface area contributed by atoms with Crippen LogP contribution >= 0.6 is 11.6 Å². The van der Waals surface area contributed by atoms with E-state index in [2.05, 4.69) is 5.32 Å². The number of rotatable bonds is 6. The number of nitrogens with zero attached hydrogens (tertiary/aromatic N) is 2. The van der Waals surface area contributed by atoms with Gasteiger partial charge in [0, 0.05) is 25.3 Å². The zero-order valence-corrected chi connectivity index (χ0v) is 16.1. The number of ether oxygens (including phenoxy) is 1. The monoisotopic (exact) mass is 401 g/mol. The summed E-state index contributed by atoms with van der Waals surface area (Å²) in [5.41, 5.74) is 0.558. The molecule has 7 nitrogen and oxygen atoms in total. The van der Waals surface area contributed by atoms with Crippen LogP contribution in [-0.4, -0.2) is 53.7 Å². The Morgan fingerprint density at radius 1 is 1.04 bits per heavy atom. The summed E-state index contributed by atoms with van der Waals surface area (Å²) in [5, 5.41) is 3.22. The largest absolute Gasteiger partial charge is 0.456 e. The minimum absolute atomic E-state index is 0.167. The molecular weight excluding hydrogens is 382 g/mol. The Hall–Kier alpha value is -3.06. The first-order valence-electron chi connectivity index (χ1n) is 8.88. The molecule has 3 rings (SSSR count). The Kier molecular flexibility index (Phi) is 6.16. The van der Waals surface area contributed by atoms with Gasteiger partial charge in [-0.2, -0.15) is 0 Å². The zero-order chi connectivity index (χ0) is 20.1. The second-order valence-corrected chi connectivity index (χ2v) is 6.62. The first-order chi connectivity index (χ1) is 13.5. The number of halogens is 1. The molecule has 0 spiro atoms. The van der Waals surface area contributed by atoms with E-state index >= 15 is 0 Å². The minimum atomic E-state index is -0.647. The molecule has 28 heavy (non-hydrogen) atoms. The number of likely N-dealkylation sites (N-methyl/N-ethyl adjacent to an activating group) is 1. The SMILES string of the molecule is CCN1CCN(CC(=O)Nc2ccc(Oc3ccccc3Cl)cc2)C(=O)C1=O. The smallest absolute Gasteiger partial charge is 0.312 e. The summed E-state index contributed by atoms with van der Waals surface area (Å²) >= 11 is 6.07. The van der Waals surface area contributed by atoms with Crippen molar-refractivity contribution in [2.45, 2.75) is 6.92 Å². The molecule has 1 fully saturated rings. The number of amides is 3. The van der Waals surface area contributed by atoms with Crippen LogP contribution in [0.1, 0.15) is 6.92 Å². The van der Waals surface area contributed by atoms with Gasteiger partial charge in [0.15, 0.2) is 0 Å². The summed E-state index contributed by atoms with van der Waals surface area (Å²) in [6.07, 6.45) is 0. The molecule has 0 atom stereocenters. The topological polar surface area (TPSA) is 79.0 Å². The van der Waals surface area contributed by atoms with Crippen LogP contribution in [0, 0.1) is 0 Å². The molecule has 8 heteroatoms. The van der Waals surface area contributed by atoms with Crippen LogP contribution in [0.5, 0.6) is 11.5 Å². The summed E-state index contributed by atoms with van der Waals surface area (Å²) in [4.78, 5) is 38.9. The van der Waals surface area contributed by atoms with Gasteiger partial charge in [-0.25, -0.2) is 0 Å². The molecule has 1 aliphatic rings. The molecule has 1 N–H and O–H groups in total. The number of carbonyl (C=O) groups is 3. The number of hydrogen-bond acceptors (Lipinski definition) is 4. The van der Waals surface area contributed by atoms with Crippen molar-refractivity contribution >= 4 is 35.0 Å². The van der Waals surface area contributed by atoms with Gasteiger partial charge in [0.1, 0.15) is 18.0 Å². The third kappa shape index (κ3) is 4.61. The molecule has 2 aromatic carbocycles. The van der Waals surface area contributed by atoms with Gasteiger partial charge in [-0.3, -0.25) is 14.4 Å². The van der Waals surface area contributed by atoms with Gasteiger partial charge in [-0.05, 0) is 43.3 Å². The van der Waals surface area contributed by atoms with E-state index < -0.39 is 11.8 Å². The lowest BCUT2D eigenvalue weighted by Crippen LogP contribution is -2.55. The van der Waals surface area contributed by atoms with E-state index in [1.165, 1.54) is 9.80 Å². The predicted octanol–water partition coefficient (Wildman–Crippen LogP) is 2.76. The summed E-state index contributed by atoms with van der Waals surface area (Å²) in [7, 11) is 0. The lowest BCUT2D eigenvalue weighted by atomic mass is 10.2. The summed E-state index contributed by atoms with van der Waals surface area (Å²) in [5.74, 6) is -0.474. The highest BCUT2D eigenvalue weighted by Crippen LogP contribution is 2.29. The third-order valence-electron chi connectivity index (χ3n) is 4.32. The van der Waals surface area contributed by atoms with Gasteiger partial charge in [0.2, 0.25) is 5.91 Å². The van der Waals surface area contributed by atoms with E-state index in [0.29, 0.717) is 41.8 Å². The van der Waals surface area contributed by atoms with E-state index in [4.69, 9.17) is 16.3 Å². The van der Waals surface area contributed by atoms with Crippen LogP contribution in [0.25, 0.3) is 0 Å². The average Bonchev–Trinajstić information content (AvgIpc) is 2.69. The molecule has 0 bridgehead atoms. The quantitative estimate of drug-likeness (QED) is 0.755. The van der Waals surface area contributed by atoms with E-state index in [-0.39, 0.29) is 12.5 Å². The molecule has 3 amide bonds. The van der Waals surface area contributed by atoms with Crippen molar-refractivity contribution in [1.82, 2.24) is 9.80 Å². The van der Waals surface area contributed by atoms with E-state index in [1.807, 2.05) is 19.1 Å². The first-order valence-corrected chi connectivity index (χ1v) is 9.26. The Morgan fingerprint density at radius 2 is 1.68 bits per heavy atom. The molecule has 146 valence electrons. The van der Waals surface area contributed by atoms with Gasteiger partial charge in [0.05, 0.1) is 5.02 Å². The fourth-order valence-electron chi connectivity index (χ4n) is 2.80. The zero-order valence-electron chi connectivity index (χ0n) is 15.4. The van der Waals surface area contributed by atoms with Crippen LogP contribution in [0.3, 0.4) is 0 Å². The first kappa shape index (κ1) is 19.7. The Bertz CT molecular complexity index is 885. The van der Waals surface area contributed by atoms with Gasteiger partial charge in [-0.1, -0.05) is 23.7 Å². The van der Waals surface area contributed by atoms with Gasteiger partial charge < -0.3 is 19.9 Å². The number of carbonyl (C=O) groups excluding carboxylic acids is 3. The number of hydrogen-bond donors (Lipinski definition) is 1. The van der Waals surface area contributed by atoms with Crippen molar-refractivity contribution in [3.05, 3.63) is 53.6 Å². The summed E-state index contributed by atoms with van der Waals surface area (Å²) < 4.78 is 5.70. The molecule has 0 unspecified atom stereocenters. The molecule has 0 radical (unpaired) electrons. The maximum atomic E-state index is 12.2. The normalized spacial score (nSPS) is 14.2. The maximum absolute atomic E-state index is 12.2. The second-order valence-electron chi connectivity index (χ2n) is 6.22. The maximum Gasteiger partial charge on any atom is 0.312 e. The average molecular weight is 402 g/mol. The Labute approximate surface area is 167 Å². The number of benzene rings is 2. The van der Waals surface area contributed by atoms with Crippen molar-refractivity contribution in [3.8, 4) is 11.5 Å². The third-order valence-corrected chi connectivity index (χ3v) is 4.63. The highest BCUT2D eigenvalue weighted by atomic mass is 35.5. The highest BCUT2D eigenvalue weighted by Gasteiger charge is 2.32. The highest BCUT2D eigenvalue weighted by molar-refractivity contribution is 6.35. The van der Waals surface area contributed by atoms with Crippen molar-refractivity contribution in [2.75, 3.05) is 31.5 Å². The molecule has 1 heterocycles. The molecular formula is C20H20ClN3O4. The summed E-state index contributed by atoms with van der Waals surface area (Å²) in [6.45, 7) is 2.90. The number of piperazine rings is 1. The van der Waals surface area contributed by atoms with Crippen molar-refractivity contribution < 1.29 is 19.1 Å². The molecule has 2 aromatic rings. The molecule has 1 aliphatic heterocycles. The number of para-hydroxylation sites is 1. The Morgan fingerprint density at radius 3 is 2.36 bits per heavy atom. The predicted molar refractivity (Wildman–Crippen MR) is 105 cm³/mol. The van der Waals surface area contributed by atoms with E-state index in [1.54, 1.807) is 36.4 Å². The minimum Gasteiger partial charge on any atom is -0.456 e. The van der Waals surface area contributed by atoms with E-state index in [0.717, 1.165) is 0 Å². The van der Waals surface area contributed by atoms with Gasteiger partial charge in [-0.15, -0.1) is 0 Å². The van der Waals surface area contributed by atoms with Crippen LogP contribution < -0.4 is 10.1 Å². The number of nitrogens with one attached hydrogen (secondary N) is 1. The lowest BCUT2D eigenvalue weighted by Gasteiger charge is -2.32. The molecule has 0 aliphatic carbocycles. The Balaban J connectivity index is 1.55. The number of anilines is 1. The van der Waals surface area contributed by atoms with Crippen molar-refractivity contribution in [3.63, 3.8) is 0 Å². The second kappa shape index (κ2) is 8.75. The standard InChI is InChI=1S/C20H20ClN3O4/c1-2-23-11-12-24(20(27)19(23)26)13-18(25)22-14-7-9-15(10-8-14)28-17-6-4-3-5-16(17)21/h3-10H,2,11-13H2,1H3,(H,22,25). The fraction of sp³-hybridized carbons (Fsp3) is 0.250. The van der Waals surface area contributed by atoms with Crippen molar-refractivity contribution in [1.29, 1.82) is 0 Å². The fourth-order valence-corrected chi connectivity index (χ4v) is 2.98. The van der Waals surface area contributed by atoms with Crippen LogP contribution in [0.4, 0.5) is 5.69 Å². The molecule has 0 aromatic heterocycles. The molecule has 0 saturated carbocycles.